The zero-order chi connectivity index (χ0) is 32.2. The van der Waals surface area contributed by atoms with Crippen LogP contribution in [0.5, 0.6) is 0 Å². The van der Waals surface area contributed by atoms with Crippen LogP contribution in [-0.4, -0.2) is 16.1 Å². The fourth-order valence-corrected chi connectivity index (χ4v) is 7.01. The van der Waals surface area contributed by atoms with Gasteiger partial charge in [0.2, 0.25) is 0 Å². The quantitative estimate of drug-likeness (QED) is 0.198. The number of hydrogen-bond donors (Lipinski definition) is 0. The van der Waals surface area contributed by atoms with E-state index in [0.717, 1.165) is 58.5 Å². The van der Waals surface area contributed by atoms with E-state index in [4.69, 9.17) is 11.6 Å². The van der Waals surface area contributed by atoms with Crippen molar-refractivity contribution in [2.45, 2.75) is 58.3 Å². The Bertz CT molecular complexity index is 1950. The van der Waals surface area contributed by atoms with E-state index in [0.29, 0.717) is 37.2 Å². The fraction of sp³-hybridized carbons (Fsp3) is 0.244. The van der Waals surface area contributed by atoms with E-state index in [1.807, 2.05) is 61.7 Å². The van der Waals surface area contributed by atoms with Crippen molar-refractivity contribution in [1.29, 1.82) is 0 Å². The largest absolute Gasteiger partial charge is 0.318 e. The van der Waals surface area contributed by atoms with Crippen molar-refractivity contribution in [1.82, 2.24) is 4.57 Å². The van der Waals surface area contributed by atoms with Crippen LogP contribution in [0.25, 0.3) is 11.1 Å². The van der Waals surface area contributed by atoms with Crippen LogP contribution in [0.2, 0.25) is 5.02 Å². The molecule has 1 heterocycles. The normalized spacial score (nSPS) is 13.8. The molecule has 0 saturated carbocycles. The molecular formula is C41H38ClNO3. The van der Waals surface area contributed by atoms with Crippen molar-refractivity contribution in [2.75, 3.05) is 0 Å². The number of carbonyl (C=O) groups is 2. The molecule has 5 aromatic rings. The molecule has 0 saturated heterocycles. The third-order valence-electron chi connectivity index (χ3n) is 9.21. The molecule has 0 unspecified atom stereocenters. The van der Waals surface area contributed by atoms with E-state index in [1.54, 1.807) is 11.6 Å². The van der Waals surface area contributed by atoms with Gasteiger partial charge in [0.05, 0.1) is 0 Å². The fourth-order valence-electron chi connectivity index (χ4n) is 6.77. The van der Waals surface area contributed by atoms with Crippen LogP contribution in [0.3, 0.4) is 0 Å². The van der Waals surface area contributed by atoms with Crippen molar-refractivity contribution in [3.8, 4) is 11.1 Å². The number of aromatic nitrogens is 1. The highest BCUT2D eigenvalue weighted by molar-refractivity contribution is 6.31. The van der Waals surface area contributed by atoms with Crippen molar-refractivity contribution in [3.63, 3.8) is 0 Å². The number of nitrogens with zero attached hydrogens (tertiary/aromatic N) is 1. The third-order valence-corrected chi connectivity index (χ3v) is 9.57. The lowest BCUT2D eigenvalue weighted by molar-refractivity contribution is -0.119. The molecule has 4 aromatic carbocycles. The Hall–Kier alpha value is -4.54. The molecule has 0 N–H and O–H groups in total. The summed E-state index contributed by atoms with van der Waals surface area (Å²) in [4.78, 5) is 36.0. The molecule has 0 spiro atoms. The number of pyridine rings is 1. The number of carbonyl (C=O) groups excluding carboxylic acids is 2. The summed E-state index contributed by atoms with van der Waals surface area (Å²) in [6.45, 7) is 1.85. The van der Waals surface area contributed by atoms with Crippen LogP contribution in [-0.2, 0) is 55.2 Å². The van der Waals surface area contributed by atoms with Crippen molar-refractivity contribution >= 4 is 23.2 Å². The maximum atomic E-state index is 12.2. The minimum Gasteiger partial charge on any atom is -0.318 e. The van der Waals surface area contributed by atoms with Gasteiger partial charge in [-0.2, -0.15) is 0 Å². The lowest BCUT2D eigenvalue weighted by Gasteiger charge is -2.22. The molecule has 0 radical (unpaired) electrons. The molecule has 1 aromatic heterocycles. The van der Waals surface area contributed by atoms with Crippen LogP contribution < -0.4 is 5.56 Å². The molecule has 5 heteroatoms. The highest BCUT2D eigenvalue weighted by atomic mass is 35.5. The average molecular weight is 628 g/mol. The maximum absolute atomic E-state index is 12.2. The molecule has 0 fully saturated rings. The summed E-state index contributed by atoms with van der Waals surface area (Å²) in [7, 11) is 1.79. The van der Waals surface area contributed by atoms with E-state index in [9.17, 15) is 14.4 Å². The minimum atomic E-state index is 0.0245. The third kappa shape index (κ3) is 6.98. The predicted molar refractivity (Wildman–Crippen MR) is 186 cm³/mol. The predicted octanol–water partition coefficient (Wildman–Crippen LogP) is 8.00. The monoisotopic (exact) mass is 627 g/mol. The smallest absolute Gasteiger partial charge is 0.253 e. The molecule has 0 amide bonds. The number of aryl methyl sites for hydroxylation is 4. The Morgan fingerprint density at radius 1 is 0.652 bits per heavy atom. The zero-order valence-electron chi connectivity index (χ0n) is 26.4. The zero-order valence-corrected chi connectivity index (χ0v) is 27.2. The molecule has 4 nitrogen and oxygen atoms in total. The van der Waals surface area contributed by atoms with Crippen LogP contribution >= 0.6 is 11.6 Å². The number of fused-ring (bicyclic) bond motifs is 2. The van der Waals surface area contributed by atoms with E-state index >= 15 is 0 Å². The summed E-state index contributed by atoms with van der Waals surface area (Å²) in [6.07, 6.45) is 7.51. The van der Waals surface area contributed by atoms with Gasteiger partial charge in [0.1, 0.15) is 11.6 Å². The van der Waals surface area contributed by atoms with Gasteiger partial charge < -0.3 is 4.57 Å². The van der Waals surface area contributed by atoms with E-state index in [-0.39, 0.29) is 5.56 Å². The summed E-state index contributed by atoms with van der Waals surface area (Å²) >= 11 is 6.35. The van der Waals surface area contributed by atoms with Crippen LogP contribution in [0, 0.1) is 6.92 Å². The summed E-state index contributed by atoms with van der Waals surface area (Å²) in [6, 6.07) is 30.9. The van der Waals surface area contributed by atoms with Gasteiger partial charge in [-0.1, -0.05) is 90.5 Å². The number of halogens is 1. The standard InChI is InChI=1S/C24H23NO2.C17H15ClO/c1-16-12-19(15-25(2)24(16)27)21-11-9-18-8-10-20(26)14-22(18)23(21)13-17-6-4-3-5-7-17;18-17-9-7-13-6-8-14(19)11-15(13)16(17)10-12-4-2-1-3-5-12/h3-7,9,11-12,15H,8,10,13-14H2,1-2H3;1-5,7,9H,6,8,10-11H2. The summed E-state index contributed by atoms with van der Waals surface area (Å²) in [5.41, 5.74) is 12.6. The number of Topliss-reactive ketones (excluding diaryl/α,β-unsaturated/α-hetero) is 2. The highest BCUT2D eigenvalue weighted by Crippen LogP contribution is 2.34. The van der Waals surface area contributed by atoms with Crippen LogP contribution in [0.15, 0.2) is 102 Å². The first-order valence-electron chi connectivity index (χ1n) is 16.0. The molecule has 2 aliphatic rings. The van der Waals surface area contributed by atoms with E-state index < -0.39 is 0 Å². The number of rotatable bonds is 5. The van der Waals surface area contributed by atoms with E-state index in [1.165, 1.54) is 33.4 Å². The number of ketones is 2. The number of hydrogen-bond acceptors (Lipinski definition) is 3. The Kier molecular flexibility index (Phi) is 9.46. The molecule has 7 rings (SSSR count). The first kappa shape index (κ1) is 31.4. The topological polar surface area (TPSA) is 56.1 Å². The highest BCUT2D eigenvalue weighted by Gasteiger charge is 2.23. The second-order valence-electron chi connectivity index (χ2n) is 12.5. The van der Waals surface area contributed by atoms with Gasteiger partial charge in [-0.15, -0.1) is 0 Å². The van der Waals surface area contributed by atoms with Gasteiger partial charge in [0.25, 0.3) is 5.56 Å². The van der Waals surface area contributed by atoms with Gasteiger partial charge in [-0.05, 0) is 100 Å². The summed E-state index contributed by atoms with van der Waals surface area (Å²) in [5, 5.41) is 0.775. The van der Waals surface area contributed by atoms with Crippen molar-refractivity contribution in [3.05, 3.63) is 163 Å². The van der Waals surface area contributed by atoms with E-state index in [2.05, 4.69) is 42.5 Å². The molecule has 2 aliphatic carbocycles. The molecule has 46 heavy (non-hydrogen) atoms. The van der Waals surface area contributed by atoms with Gasteiger partial charge in [-0.3, -0.25) is 14.4 Å². The molecule has 232 valence electrons. The van der Waals surface area contributed by atoms with Crippen molar-refractivity contribution < 1.29 is 9.59 Å². The first-order chi connectivity index (χ1) is 22.3. The van der Waals surface area contributed by atoms with Gasteiger partial charge in [0, 0.05) is 49.5 Å². The molecule has 0 bridgehead atoms. The molecule has 0 atom stereocenters. The lowest BCUT2D eigenvalue weighted by Crippen LogP contribution is -2.19. The molecular weight excluding hydrogens is 590 g/mol. The second kappa shape index (κ2) is 13.8. The van der Waals surface area contributed by atoms with Crippen LogP contribution in [0.1, 0.15) is 62.9 Å². The molecule has 0 aliphatic heterocycles. The number of benzene rings is 4. The first-order valence-corrected chi connectivity index (χ1v) is 16.4. The summed E-state index contributed by atoms with van der Waals surface area (Å²) < 4.78 is 1.64. The van der Waals surface area contributed by atoms with Gasteiger partial charge >= 0.3 is 0 Å². The lowest BCUT2D eigenvalue weighted by atomic mass is 9.82. The minimum absolute atomic E-state index is 0.0245. The van der Waals surface area contributed by atoms with Gasteiger partial charge in [-0.25, -0.2) is 0 Å². The average Bonchev–Trinajstić information content (AvgIpc) is 3.06. The van der Waals surface area contributed by atoms with Crippen LogP contribution in [0.4, 0.5) is 0 Å². The maximum Gasteiger partial charge on any atom is 0.253 e. The Labute approximate surface area is 275 Å². The van der Waals surface area contributed by atoms with Gasteiger partial charge in [0.15, 0.2) is 0 Å². The summed E-state index contributed by atoms with van der Waals surface area (Å²) in [5.74, 6) is 0.634. The Morgan fingerprint density at radius 3 is 1.74 bits per heavy atom. The Balaban J connectivity index is 0.000000172. The Morgan fingerprint density at radius 2 is 1.17 bits per heavy atom. The second-order valence-corrected chi connectivity index (χ2v) is 12.9. The SMILES string of the molecule is Cc1cc(-c2ccc3c(c2Cc2ccccc2)CC(=O)CC3)cn(C)c1=O.O=C1CCc2ccc(Cl)c(Cc3ccccc3)c2C1. The van der Waals surface area contributed by atoms with Crippen molar-refractivity contribution in [2.24, 2.45) is 7.05 Å².